The Morgan fingerprint density at radius 3 is 2.37 bits per heavy atom. The number of hydrogen-bond acceptors (Lipinski definition) is 9. The highest BCUT2D eigenvalue weighted by Crippen LogP contribution is 2.53. The summed E-state index contributed by atoms with van der Waals surface area (Å²) < 4.78 is 0. The van der Waals surface area contributed by atoms with Gasteiger partial charge >= 0.3 is 0 Å². The van der Waals surface area contributed by atoms with E-state index in [2.05, 4.69) is 19.2 Å². The average Bonchev–Trinajstić information content (AvgIpc) is 2.89. The Morgan fingerprint density at radius 1 is 1.12 bits per heavy atom. The van der Waals surface area contributed by atoms with E-state index in [4.69, 9.17) is 5.73 Å². The molecule has 0 spiro atoms. The number of carbonyl (C=O) groups is 3. The molecule has 3 aliphatic rings. The van der Waals surface area contributed by atoms with Gasteiger partial charge in [-0.05, 0) is 61.2 Å². The first-order valence-electron chi connectivity index (χ1n) is 13.8. The molecule has 5 rings (SSSR count). The second kappa shape index (κ2) is 10.4. The predicted octanol–water partition coefficient (Wildman–Crippen LogP) is 1.29. The van der Waals surface area contributed by atoms with Crippen molar-refractivity contribution in [3.05, 3.63) is 58.7 Å². The fourth-order valence-electron chi connectivity index (χ4n) is 7.00. The van der Waals surface area contributed by atoms with Gasteiger partial charge in [0.15, 0.2) is 11.4 Å². The maximum absolute atomic E-state index is 14.0. The van der Waals surface area contributed by atoms with Gasteiger partial charge in [-0.25, -0.2) is 0 Å². The first-order valence-corrected chi connectivity index (χ1v) is 13.8. The quantitative estimate of drug-likeness (QED) is 0.283. The number of phenolic OH excluding ortho intramolecular Hbond substituents is 1. The Morgan fingerprint density at radius 2 is 1.78 bits per heavy atom. The molecule has 2 aromatic rings. The second-order valence-electron chi connectivity index (χ2n) is 12.0. The lowest BCUT2D eigenvalue weighted by Crippen LogP contribution is -2.73. The van der Waals surface area contributed by atoms with Gasteiger partial charge < -0.3 is 36.4 Å². The summed E-state index contributed by atoms with van der Waals surface area (Å²) in [5.41, 5.74) is 6.06. The Labute approximate surface area is 238 Å². The number of phenols is 1. The van der Waals surface area contributed by atoms with E-state index in [1.807, 2.05) is 24.3 Å². The zero-order valence-corrected chi connectivity index (χ0v) is 23.6. The van der Waals surface area contributed by atoms with E-state index in [0.29, 0.717) is 18.2 Å². The molecule has 6 atom stereocenters. The lowest BCUT2D eigenvalue weighted by molar-refractivity contribution is -0.184. The first-order chi connectivity index (χ1) is 19.3. The number of nitrogens with two attached hydrogens (primary N) is 1. The summed E-state index contributed by atoms with van der Waals surface area (Å²) in [6.07, 6.45) is -1.20. The van der Waals surface area contributed by atoms with Crippen molar-refractivity contribution < 1.29 is 34.8 Å². The Balaban J connectivity index is 1.61. The number of aliphatic hydroxyl groups excluding tert-OH is 2. The lowest BCUT2D eigenvalue weighted by Gasteiger charge is -2.53. The van der Waals surface area contributed by atoms with Gasteiger partial charge in [-0.1, -0.05) is 44.2 Å². The molecule has 1 amide bonds. The highest BCUT2D eigenvalue weighted by molar-refractivity contribution is 6.25. The van der Waals surface area contributed by atoms with Crippen LogP contribution in [0.4, 0.5) is 0 Å². The van der Waals surface area contributed by atoms with Crippen LogP contribution in [0.2, 0.25) is 0 Å². The molecule has 0 heterocycles. The molecule has 7 N–H and O–H groups in total. The van der Waals surface area contributed by atoms with Gasteiger partial charge in [0.1, 0.15) is 17.4 Å². The number of aliphatic hydroxyl groups is 3. The van der Waals surface area contributed by atoms with Gasteiger partial charge in [0.25, 0.3) is 0 Å². The third kappa shape index (κ3) is 4.46. The van der Waals surface area contributed by atoms with Crippen LogP contribution >= 0.6 is 0 Å². The maximum atomic E-state index is 14.0. The van der Waals surface area contributed by atoms with Crippen LogP contribution in [-0.2, 0) is 27.3 Å². The molecule has 10 heteroatoms. The van der Waals surface area contributed by atoms with E-state index in [9.17, 15) is 34.8 Å². The highest BCUT2D eigenvalue weighted by Gasteiger charge is 2.67. The summed E-state index contributed by atoms with van der Waals surface area (Å²) in [6, 6.07) is 10.6. The minimum absolute atomic E-state index is 0.0765. The molecule has 0 bridgehead atoms. The van der Waals surface area contributed by atoms with Crippen LogP contribution in [0.3, 0.4) is 0 Å². The number of carbonyl (C=O) groups excluding carboxylic acids is 3. The molecule has 218 valence electrons. The van der Waals surface area contributed by atoms with Gasteiger partial charge in [0.2, 0.25) is 11.7 Å². The van der Waals surface area contributed by atoms with Crippen molar-refractivity contribution in [2.24, 2.45) is 23.5 Å². The van der Waals surface area contributed by atoms with E-state index >= 15 is 0 Å². The Hall–Kier alpha value is -3.57. The van der Waals surface area contributed by atoms with Crippen molar-refractivity contribution >= 4 is 23.2 Å². The molecule has 0 aromatic heterocycles. The number of benzene rings is 2. The minimum Gasteiger partial charge on any atom is -0.507 e. The van der Waals surface area contributed by atoms with Crippen molar-refractivity contribution in [2.75, 3.05) is 14.1 Å². The summed E-state index contributed by atoms with van der Waals surface area (Å²) in [5, 5.41) is 48.4. The molecule has 2 unspecified atom stereocenters. The third-order valence-corrected chi connectivity index (χ3v) is 8.95. The molecule has 2 saturated carbocycles. The summed E-state index contributed by atoms with van der Waals surface area (Å²) in [7, 11) is 3.25. The number of primary amides is 1. The number of fused-ring (bicyclic) bond motifs is 3. The Bertz CT molecular complexity index is 1450. The normalized spacial score (nSPS) is 29.4. The van der Waals surface area contributed by atoms with E-state index in [0.717, 1.165) is 16.7 Å². The van der Waals surface area contributed by atoms with E-state index in [-0.39, 0.29) is 29.7 Å². The maximum Gasteiger partial charge on any atom is 0.230 e. The van der Waals surface area contributed by atoms with Crippen molar-refractivity contribution in [3.63, 3.8) is 0 Å². The molecule has 41 heavy (non-hydrogen) atoms. The van der Waals surface area contributed by atoms with Crippen LogP contribution in [0.5, 0.6) is 5.75 Å². The SMILES string of the molecule is CC(C)NCc1ccc(-c2ccc(O)c3c2C[C@@H]2C[C@@H]4[C@@H](N(C)C)C(O)C(C(N)=O)C(=O)[C@]4(O)C(=O)C2=C3O)cc1. The van der Waals surface area contributed by atoms with Crippen LogP contribution in [0.15, 0.2) is 42.0 Å². The summed E-state index contributed by atoms with van der Waals surface area (Å²) >= 11 is 0. The van der Waals surface area contributed by atoms with E-state index in [1.165, 1.54) is 6.07 Å². The summed E-state index contributed by atoms with van der Waals surface area (Å²) in [4.78, 5) is 41.2. The van der Waals surface area contributed by atoms with Crippen LogP contribution in [-0.4, -0.2) is 80.7 Å². The summed E-state index contributed by atoms with van der Waals surface area (Å²) in [6.45, 7) is 4.85. The molecule has 0 radical (unpaired) electrons. The molecule has 2 aromatic carbocycles. The molecule has 3 aliphatic carbocycles. The molecule has 10 nitrogen and oxygen atoms in total. The predicted molar refractivity (Wildman–Crippen MR) is 151 cm³/mol. The van der Waals surface area contributed by atoms with Gasteiger partial charge in [-0.15, -0.1) is 0 Å². The van der Waals surface area contributed by atoms with Gasteiger partial charge in [-0.2, -0.15) is 0 Å². The van der Waals surface area contributed by atoms with Crippen LogP contribution in [0.1, 0.15) is 37.0 Å². The number of hydrogen-bond donors (Lipinski definition) is 6. The van der Waals surface area contributed by atoms with Gasteiger partial charge in [-0.3, -0.25) is 14.4 Å². The standard InChI is InChI=1S/C31H37N3O7/c1-14(2)33-13-15-5-7-16(8-6-15)18-9-10-21(35)23-19(18)11-17-12-20-25(34(3)4)27(37)24(30(32)40)29(39)31(20,41)28(38)22(17)26(23)36/h5-10,14,17,20,24-25,27,33,35-37,41H,11-13H2,1-4H3,(H2,32,40)/t17-,20-,24?,25-,27?,31-/m1/s1. The monoisotopic (exact) mass is 563 g/mol. The topological polar surface area (TPSA) is 173 Å². The van der Waals surface area contributed by atoms with Crippen molar-refractivity contribution in [1.29, 1.82) is 0 Å². The molecule has 0 aliphatic heterocycles. The van der Waals surface area contributed by atoms with E-state index < -0.39 is 58.7 Å². The Kier molecular flexibility index (Phi) is 7.31. The fourth-order valence-corrected chi connectivity index (χ4v) is 7.00. The van der Waals surface area contributed by atoms with Gasteiger partial charge in [0.05, 0.1) is 11.7 Å². The fraction of sp³-hybridized carbons (Fsp3) is 0.452. The average molecular weight is 564 g/mol. The smallest absolute Gasteiger partial charge is 0.230 e. The molecular formula is C31H37N3O7. The number of ketones is 2. The first kappa shape index (κ1) is 28.9. The van der Waals surface area contributed by atoms with Crippen molar-refractivity contribution in [3.8, 4) is 16.9 Å². The number of likely N-dealkylation sites (N-methyl/N-ethyl adjacent to an activating group) is 1. The van der Waals surface area contributed by atoms with Crippen molar-refractivity contribution in [1.82, 2.24) is 10.2 Å². The number of rotatable bonds is 6. The van der Waals surface area contributed by atoms with Gasteiger partial charge in [0, 0.05) is 30.1 Å². The lowest BCUT2D eigenvalue weighted by atomic mass is 9.54. The number of nitrogens with one attached hydrogen (secondary N) is 1. The number of aromatic hydroxyl groups is 1. The third-order valence-electron chi connectivity index (χ3n) is 8.95. The molecule has 0 saturated heterocycles. The number of amides is 1. The molecular weight excluding hydrogens is 526 g/mol. The zero-order chi connectivity index (χ0) is 30.0. The minimum atomic E-state index is -2.67. The largest absolute Gasteiger partial charge is 0.507 e. The van der Waals surface area contributed by atoms with E-state index in [1.54, 1.807) is 25.1 Å². The number of nitrogens with zero attached hydrogens (tertiary/aromatic N) is 1. The second-order valence-corrected chi connectivity index (χ2v) is 12.0. The highest BCUT2D eigenvalue weighted by atomic mass is 16.3. The van der Waals surface area contributed by atoms with Crippen LogP contribution in [0, 0.1) is 17.8 Å². The van der Waals surface area contributed by atoms with Crippen LogP contribution < -0.4 is 11.1 Å². The van der Waals surface area contributed by atoms with Crippen LogP contribution in [0.25, 0.3) is 16.9 Å². The zero-order valence-electron chi connectivity index (χ0n) is 23.6. The van der Waals surface area contributed by atoms with Crippen molar-refractivity contribution in [2.45, 2.75) is 57.0 Å². The summed E-state index contributed by atoms with van der Waals surface area (Å²) in [5.74, 6) is -7.52. The number of Topliss-reactive ketones (excluding diaryl/α,β-unsaturated/α-hetero) is 2. The molecule has 2 fully saturated rings.